The molecule has 2 nitrogen and oxygen atoms in total. The molecule has 0 aromatic heterocycles. The lowest BCUT2D eigenvalue weighted by molar-refractivity contribution is -0.161. The summed E-state index contributed by atoms with van der Waals surface area (Å²) < 4.78 is 35.7. The van der Waals surface area contributed by atoms with E-state index >= 15 is 0 Å². The van der Waals surface area contributed by atoms with Crippen LogP contribution in [0.15, 0.2) is 0 Å². The third kappa shape index (κ3) is 3.40. The van der Waals surface area contributed by atoms with Gasteiger partial charge in [0.05, 0.1) is 0 Å². The zero-order valence-electron chi connectivity index (χ0n) is 7.80. The molecule has 0 unspecified atom stereocenters. The molecule has 1 aliphatic rings. The van der Waals surface area contributed by atoms with Crippen molar-refractivity contribution >= 4 is 17.7 Å². The van der Waals surface area contributed by atoms with E-state index in [9.17, 15) is 18.0 Å². The smallest absolute Gasteiger partial charge is 0.342 e. The molecular weight excluding hydrogens is 215 g/mol. The highest BCUT2D eigenvalue weighted by Crippen LogP contribution is 2.25. The Morgan fingerprint density at radius 3 is 2.64 bits per heavy atom. The Bertz CT molecular complexity index is 213. The molecule has 0 spiro atoms. The average molecular weight is 227 g/mol. The van der Waals surface area contributed by atoms with Crippen molar-refractivity contribution in [2.75, 3.05) is 18.6 Å². The molecule has 0 aromatic rings. The molecule has 82 valence electrons. The number of amides is 1. The number of hydrogen-bond donors (Lipinski definition) is 0. The zero-order chi connectivity index (χ0) is 10.8. The number of rotatable bonds is 2. The van der Waals surface area contributed by atoms with Gasteiger partial charge in [0.15, 0.2) is 0 Å². The number of nitrogens with zero attached hydrogens (tertiary/aromatic N) is 1. The van der Waals surface area contributed by atoms with Crippen LogP contribution in [0.1, 0.15) is 12.8 Å². The monoisotopic (exact) mass is 227 g/mol. The third-order valence-electron chi connectivity index (χ3n) is 2.20. The third-order valence-corrected chi connectivity index (χ3v) is 3.34. The largest absolute Gasteiger partial charge is 0.397 e. The summed E-state index contributed by atoms with van der Waals surface area (Å²) in [7, 11) is 1.45. The Morgan fingerprint density at radius 1 is 1.57 bits per heavy atom. The van der Waals surface area contributed by atoms with Crippen molar-refractivity contribution in [1.29, 1.82) is 0 Å². The lowest BCUT2D eigenvalue weighted by Crippen LogP contribution is -2.39. The van der Waals surface area contributed by atoms with Crippen LogP contribution in [0.5, 0.6) is 0 Å². The normalized spacial score (nSPS) is 22.4. The molecule has 0 saturated carbocycles. The summed E-state index contributed by atoms with van der Waals surface area (Å²) in [5.74, 6) is 0.846. The van der Waals surface area contributed by atoms with Crippen LogP contribution >= 0.6 is 11.8 Å². The van der Waals surface area contributed by atoms with Crippen LogP contribution in [-0.4, -0.2) is 41.6 Å². The maximum absolute atomic E-state index is 11.9. The minimum absolute atomic E-state index is 0.0187. The van der Waals surface area contributed by atoms with Crippen LogP contribution in [0.2, 0.25) is 0 Å². The summed E-state index contributed by atoms with van der Waals surface area (Å²) in [5, 5.41) is 0. The molecular formula is C8H12F3NOS. The van der Waals surface area contributed by atoms with Crippen molar-refractivity contribution in [3.8, 4) is 0 Å². The maximum atomic E-state index is 11.9. The van der Waals surface area contributed by atoms with Gasteiger partial charge in [0.2, 0.25) is 5.91 Å². The zero-order valence-corrected chi connectivity index (χ0v) is 8.62. The molecule has 1 saturated heterocycles. The summed E-state index contributed by atoms with van der Waals surface area (Å²) >= 11 is 1.67. The van der Waals surface area contributed by atoms with Gasteiger partial charge in [-0.2, -0.15) is 24.9 Å². The summed E-state index contributed by atoms with van der Waals surface area (Å²) in [6, 6.07) is -0.0187. The van der Waals surface area contributed by atoms with E-state index < -0.39 is 18.5 Å². The first-order valence-corrected chi connectivity index (χ1v) is 5.46. The van der Waals surface area contributed by atoms with Crippen LogP contribution in [0, 0.1) is 0 Å². The summed E-state index contributed by atoms with van der Waals surface area (Å²) in [4.78, 5) is 12.4. The van der Waals surface area contributed by atoms with Gasteiger partial charge in [-0.3, -0.25) is 4.79 Å². The Kier molecular flexibility index (Phi) is 3.69. The van der Waals surface area contributed by atoms with Crippen LogP contribution in [0.4, 0.5) is 13.2 Å². The Morgan fingerprint density at radius 2 is 2.21 bits per heavy atom. The first-order chi connectivity index (χ1) is 6.40. The van der Waals surface area contributed by atoms with E-state index in [1.165, 1.54) is 11.9 Å². The van der Waals surface area contributed by atoms with Crippen molar-refractivity contribution < 1.29 is 18.0 Å². The van der Waals surface area contributed by atoms with Crippen molar-refractivity contribution in [2.45, 2.75) is 25.1 Å². The van der Waals surface area contributed by atoms with Gasteiger partial charge in [-0.1, -0.05) is 0 Å². The van der Waals surface area contributed by atoms with Gasteiger partial charge >= 0.3 is 6.18 Å². The molecule has 14 heavy (non-hydrogen) atoms. The molecule has 1 fully saturated rings. The maximum Gasteiger partial charge on any atom is 0.397 e. The van der Waals surface area contributed by atoms with Crippen molar-refractivity contribution in [3.63, 3.8) is 0 Å². The molecule has 0 bridgehead atoms. The lowest BCUT2D eigenvalue weighted by atomic mass is 10.2. The number of carbonyl (C=O) groups is 1. The standard InChI is InChI=1S/C8H12F3NOS/c1-12(6-2-3-14-5-6)7(13)4-8(9,10)11/h6H,2-5H2,1H3/t6-/m1/s1. The fourth-order valence-electron chi connectivity index (χ4n) is 1.33. The van der Waals surface area contributed by atoms with Crippen molar-refractivity contribution in [3.05, 3.63) is 0 Å². The van der Waals surface area contributed by atoms with Gasteiger partial charge in [-0.15, -0.1) is 0 Å². The molecule has 0 radical (unpaired) electrons. The van der Waals surface area contributed by atoms with Crippen LogP contribution in [-0.2, 0) is 4.79 Å². The summed E-state index contributed by atoms with van der Waals surface area (Å²) in [6.07, 6.45) is -4.94. The Hall–Kier alpha value is -0.390. The summed E-state index contributed by atoms with van der Waals surface area (Å²) in [6.45, 7) is 0. The number of alkyl halides is 3. The molecule has 0 N–H and O–H groups in total. The summed E-state index contributed by atoms with van der Waals surface area (Å²) in [5.41, 5.74) is 0. The van der Waals surface area contributed by atoms with Gasteiger partial charge in [-0.25, -0.2) is 0 Å². The first-order valence-electron chi connectivity index (χ1n) is 4.30. The van der Waals surface area contributed by atoms with Crippen molar-refractivity contribution in [1.82, 2.24) is 4.90 Å². The number of halogens is 3. The quantitative estimate of drug-likeness (QED) is 0.718. The van der Waals surface area contributed by atoms with E-state index in [0.717, 1.165) is 17.9 Å². The highest BCUT2D eigenvalue weighted by Gasteiger charge is 2.34. The second-order valence-corrected chi connectivity index (χ2v) is 4.46. The second-order valence-electron chi connectivity index (χ2n) is 3.31. The molecule has 0 aliphatic carbocycles. The second kappa shape index (κ2) is 4.42. The fraction of sp³-hybridized carbons (Fsp3) is 0.875. The topological polar surface area (TPSA) is 20.3 Å². The van der Waals surface area contributed by atoms with Gasteiger partial charge in [0.25, 0.3) is 0 Å². The van der Waals surface area contributed by atoms with Gasteiger partial charge in [0.1, 0.15) is 6.42 Å². The molecule has 1 atom stereocenters. The predicted octanol–water partition coefficient (Wildman–Crippen LogP) is 1.90. The van der Waals surface area contributed by atoms with E-state index in [4.69, 9.17) is 0 Å². The minimum atomic E-state index is -4.39. The molecule has 1 rings (SSSR count). The van der Waals surface area contributed by atoms with E-state index in [0.29, 0.717) is 0 Å². The molecule has 1 aliphatic heterocycles. The molecule has 1 heterocycles. The SMILES string of the molecule is CN(C(=O)CC(F)(F)F)[C@@H]1CCSC1. The van der Waals surface area contributed by atoms with Crippen LogP contribution in [0.3, 0.4) is 0 Å². The molecule has 1 amide bonds. The van der Waals surface area contributed by atoms with Gasteiger partial charge < -0.3 is 4.90 Å². The first kappa shape index (κ1) is 11.7. The predicted molar refractivity (Wildman–Crippen MR) is 49.2 cm³/mol. The van der Waals surface area contributed by atoms with E-state index in [1.807, 2.05) is 0 Å². The number of thioether (sulfide) groups is 1. The van der Waals surface area contributed by atoms with Gasteiger partial charge in [0, 0.05) is 18.8 Å². The Labute approximate surface area is 84.8 Å². The van der Waals surface area contributed by atoms with E-state index in [2.05, 4.69) is 0 Å². The Balaban J connectivity index is 2.43. The van der Waals surface area contributed by atoms with E-state index in [-0.39, 0.29) is 6.04 Å². The lowest BCUT2D eigenvalue weighted by Gasteiger charge is -2.24. The minimum Gasteiger partial charge on any atom is -0.342 e. The van der Waals surface area contributed by atoms with Gasteiger partial charge in [-0.05, 0) is 12.2 Å². The number of hydrogen-bond acceptors (Lipinski definition) is 2. The van der Waals surface area contributed by atoms with E-state index in [1.54, 1.807) is 11.8 Å². The van der Waals surface area contributed by atoms with Crippen LogP contribution < -0.4 is 0 Å². The molecule has 0 aromatic carbocycles. The fourth-order valence-corrected chi connectivity index (χ4v) is 2.60. The number of carbonyl (C=O) groups excluding carboxylic acids is 1. The van der Waals surface area contributed by atoms with Crippen LogP contribution in [0.25, 0.3) is 0 Å². The molecule has 6 heteroatoms. The van der Waals surface area contributed by atoms with Crippen molar-refractivity contribution in [2.24, 2.45) is 0 Å². The highest BCUT2D eigenvalue weighted by molar-refractivity contribution is 7.99. The highest BCUT2D eigenvalue weighted by atomic mass is 32.2. The average Bonchev–Trinajstić information content (AvgIpc) is 2.51.